The van der Waals surface area contributed by atoms with Gasteiger partial charge in [0.1, 0.15) is 5.82 Å². The molecule has 1 aliphatic heterocycles. The average molecular weight is 344 g/mol. The van der Waals surface area contributed by atoms with Crippen LogP contribution < -0.4 is 5.32 Å². The standard InChI is InChI=1S/C18H28N6O/c1-13-17(14(2)22-21-13)15-7-5-4-6-11-24(15)18(25)20-9-8-16-19-10-12-23(16)3/h10,12,15H,4-9,11H2,1-3H3,(H,20,25)(H,21,22)/t15-/m0/s1. The van der Waals surface area contributed by atoms with Gasteiger partial charge in [-0.05, 0) is 26.7 Å². The first-order valence-electron chi connectivity index (χ1n) is 9.10. The van der Waals surface area contributed by atoms with E-state index in [2.05, 4.69) is 20.5 Å². The summed E-state index contributed by atoms with van der Waals surface area (Å²) in [5, 5.41) is 10.5. The van der Waals surface area contributed by atoms with Gasteiger partial charge in [-0.15, -0.1) is 0 Å². The Morgan fingerprint density at radius 1 is 1.36 bits per heavy atom. The number of likely N-dealkylation sites (tertiary alicyclic amines) is 1. The Balaban J connectivity index is 1.68. The van der Waals surface area contributed by atoms with E-state index in [0.717, 1.165) is 49.4 Å². The second kappa shape index (κ2) is 7.72. The molecule has 0 radical (unpaired) electrons. The number of H-pyrrole nitrogens is 1. The summed E-state index contributed by atoms with van der Waals surface area (Å²) in [6.45, 7) is 5.44. The number of aryl methyl sites for hydroxylation is 3. The zero-order valence-electron chi connectivity index (χ0n) is 15.4. The molecule has 0 bridgehead atoms. The highest BCUT2D eigenvalue weighted by atomic mass is 16.2. The number of aromatic amines is 1. The number of rotatable bonds is 4. The van der Waals surface area contributed by atoms with E-state index in [1.807, 2.05) is 36.6 Å². The van der Waals surface area contributed by atoms with E-state index >= 15 is 0 Å². The van der Waals surface area contributed by atoms with Gasteiger partial charge in [-0.2, -0.15) is 5.10 Å². The van der Waals surface area contributed by atoms with E-state index in [1.54, 1.807) is 6.20 Å². The quantitative estimate of drug-likeness (QED) is 0.895. The highest BCUT2D eigenvalue weighted by Crippen LogP contribution is 2.33. The van der Waals surface area contributed by atoms with Gasteiger partial charge in [0.25, 0.3) is 0 Å². The number of hydrogen-bond acceptors (Lipinski definition) is 3. The number of hydrogen-bond donors (Lipinski definition) is 2. The Labute approximate surface area is 148 Å². The molecule has 2 amide bonds. The molecule has 2 aromatic heterocycles. The van der Waals surface area contributed by atoms with E-state index in [4.69, 9.17) is 0 Å². The number of carbonyl (C=O) groups is 1. The number of aromatic nitrogens is 4. The fourth-order valence-corrected chi connectivity index (χ4v) is 3.72. The minimum absolute atomic E-state index is 0.0149. The van der Waals surface area contributed by atoms with Crippen molar-refractivity contribution in [3.8, 4) is 0 Å². The van der Waals surface area contributed by atoms with Crippen LogP contribution in [0.4, 0.5) is 4.79 Å². The van der Waals surface area contributed by atoms with Crippen LogP contribution in [0, 0.1) is 13.8 Å². The Bertz CT molecular complexity index is 699. The molecule has 0 aliphatic carbocycles. The van der Waals surface area contributed by atoms with E-state index < -0.39 is 0 Å². The van der Waals surface area contributed by atoms with Gasteiger partial charge in [-0.3, -0.25) is 5.10 Å². The number of amides is 2. The van der Waals surface area contributed by atoms with Crippen molar-refractivity contribution in [3.05, 3.63) is 35.2 Å². The molecule has 136 valence electrons. The van der Waals surface area contributed by atoms with Crippen LogP contribution in [-0.2, 0) is 13.5 Å². The van der Waals surface area contributed by atoms with Crippen LogP contribution in [-0.4, -0.2) is 43.8 Å². The first-order chi connectivity index (χ1) is 12.1. The Morgan fingerprint density at radius 2 is 2.20 bits per heavy atom. The predicted octanol–water partition coefficient (Wildman–Crippen LogP) is 2.63. The number of carbonyl (C=O) groups excluding carboxylic acids is 1. The number of nitrogens with one attached hydrogen (secondary N) is 2. The van der Waals surface area contributed by atoms with Crippen molar-refractivity contribution in [2.45, 2.75) is 52.0 Å². The topological polar surface area (TPSA) is 78.8 Å². The van der Waals surface area contributed by atoms with Crippen molar-refractivity contribution >= 4 is 6.03 Å². The third kappa shape index (κ3) is 3.86. The second-order valence-electron chi connectivity index (χ2n) is 6.84. The summed E-state index contributed by atoms with van der Waals surface area (Å²) in [4.78, 5) is 19.2. The Morgan fingerprint density at radius 3 is 2.88 bits per heavy atom. The summed E-state index contributed by atoms with van der Waals surface area (Å²) >= 11 is 0. The van der Waals surface area contributed by atoms with Gasteiger partial charge in [-0.25, -0.2) is 9.78 Å². The Kier molecular flexibility index (Phi) is 5.40. The number of urea groups is 1. The maximum Gasteiger partial charge on any atom is 0.317 e. The highest BCUT2D eigenvalue weighted by molar-refractivity contribution is 5.75. The SMILES string of the molecule is Cc1n[nH]c(C)c1[C@@H]1CCCCCN1C(=O)NCCc1nccn1C. The Hall–Kier alpha value is -2.31. The van der Waals surface area contributed by atoms with Crippen molar-refractivity contribution in [3.63, 3.8) is 0 Å². The highest BCUT2D eigenvalue weighted by Gasteiger charge is 2.29. The molecule has 3 rings (SSSR count). The van der Waals surface area contributed by atoms with Crippen molar-refractivity contribution in [1.29, 1.82) is 0 Å². The van der Waals surface area contributed by atoms with E-state index in [1.165, 1.54) is 12.0 Å². The number of nitrogens with zero attached hydrogens (tertiary/aromatic N) is 4. The lowest BCUT2D eigenvalue weighted by Gasteiger charge is -2.30. The van der Waals surface area contributed by atoms with Crippen molar-refractivity contribution in [2.75, 3.05) is 13.1 Å². The van der Waals surface area contributed by atoms with Crippen LogP contribution in [0.3, 0.4) is 0 Å². The van der Waals surface area contributed by atoms with Crippen LogP contribution >= 0.6 is 0 Å². The molecule has 7 nitrogen and oxygen atoms in total. The van der Waals surface area contributed by atoms with Crippen molar-refractivity contribution in [1.82, 2.24) is 30.0 Å². The lowest BCUT2D eigenvalue weighted by Crippen LogP contribution is -2.43. The normalized spacial score (nSPS) is 18.2. The first-order valence-corrected chi connectivity index (χ1v) is 9.10. The summed E-state index contributed by atoms with van der Waals surface area (Å²) in [6.07, 6.45) is 8.80. The molecule has 0 aromatic carbocycles. The molecule has 7 heteroatoms. The van der Waals surface area contributed by atoms with Crippen LogP contribution in [0.2, 0.25) is 0 Å². The smallest absolute Gasteiger partial charge is 0.317 e. The molecule has 1 aliphatic rings. The minimum atomic E-state index is 0.0149. The van der Waals surface area contributed by atoms with Gasteiger partial charge < -0.3 is 14.8 Å². The molecular weight excluding hydrogens is 316 g/mol. The third-order valence-electron chi connectivity index (χ3n) is 5.08. The molecular formula is C18H28N6O. The maximum atomic E-state index is 12.8. The molecule has 2 aromatic rings. The van der Waals surface area contributed by atoms with E-state index in [-0.39, 0.29) is 12.1 Å². The molecule has 2 N–H and O–H groups in total. The van der Waals surface area contributed by atoms with Gasteiger partial charge in [0.15, 0.2) is 0 Å². The second-order valence-corrected chi connectivity index (χ2v) is 6.84. The molecule has 1 saturated heterocycles. The van der Waals surface area contributed by atoms with Crippen molar-refractivity contribution in [2.24, 2.45) is 7.05 Å². The zero-order valence-corrected chi connectivity index (χ0v) is 15.4. The van der Waals surface area contributed by atoms with Crippen LogP contribution in [0.5, 0.6) is 0 Å². The van der Waals surface area contributed by atoms with Gasteiger partial charge in [-0.1, -0.05) is 12.8 Å². The monoisotopic (exact) mass is 344 g/mol. The maximum absolute atomic E-state index is 12.8. The summed E-state index contributed by atoms with van der Waals surface area (Å²) < 4.78 is 1.99. The molecule has 0 unspecified atom stereocenters. The minimum Gasteiger partial charge on any atom is -0.338 e. The molecule has 1 atom stereocenters. The molecule has 0 saturated carbocycles. The summed E-state index contributed by atoms with van der Waals surface area (Å²) in [5.74, 6) is 0.981. The molecule has 0 spiro atoms. The van der Waals surface area contributed by atoms with Crippen LogP contribution in [0.1, 0.15) is 54.5 Å². The molecule has 25 heavy (non-hydrogen) atoms. The fourth-order valence-electron chi connectivity index (χ4n) is 3.72. The van der Waals surface area contributed by atoms with Crippen LogP contribution in [0.15, 0.2) is 12.4 Å². The summed E-state index contributed by atoms with van der Waals surface area (Å²) in [7, 11) is 1.97. The molecule has 3 heterocycles. The first kappa shape index (κ1) is 17.5. The zero-order chi connectivity index (χ0) is 17.8. The van der Waals surface area contributed by atoms with E-state index in [0.29, 0.717) is 6.54 Å². The number of imidazole rings is 1. The van der Waals surface area contributed by atoms with Gasteiger partial charge in [0, 0.05) is 50.2 Å². The third-order valence-corrected chi connectivity index (χ3v) is 5.08. The van der Waals surface area contributed by atoms with E-state index in [9.17, 15) is 4.79 Å². The summed E-state index contributed by atoms with van der Waals surface area (Å²) in [5.41, 5.74) is 3.24. The predicted molar refractivity (Wildman–Crippen MR) is 96.3 cm³/mol. The lowest BCUT2D eigenvalue weighted by molar-refractivity contribution is 0.175. The largest absolute Gasteiger partial charge is 0.338 e. The molecule has 1 fully saturated rings. The fraction of sp³-hybridized carbons (Fsp3) is 0.611. The van der Waals surface area contributed by atoms with Gasteiger partial charge >= 0.3 is 6.03 Å². The van der Waals surface area contributed by atoms with Gasteiger partial charge in [0.05, 0.1) is 11.7 Å². The lowest BCUT2D eigenvalue weighted by atomic mass is 9.99. The average Bonchev–Trinajstić information content (AvgIpc) is 3.04. The van der Waals surface area contributed by atoms with Crippen LogP contribution in [0.25, 0.3) is 0 Å². The summed E-state index contributed by atoms with van der Waals surface area (Å²) in [6, 6.07) is 0.121. The van der Waals surface area contributed by atoms with Gasteiger partial charge in [0.2, 0.25) is 0 Å². The van der Waals surface area contributed by atoms with Crippen molar-refractivity contribution < 1.29 is 4.79 Å².